The van der Waals surface area contributed by atoms with Crippen molar-refractivity contribution in [2.75, 3.05) is 57.4 Å². The average Bonchev–Trinajstić information content (AvgIpc) is 3.30. The second-order valence-electron chi connectivity index (χ2n) is 14.7. The van der Waals surface area contributed by atoms with Crippen LogP contribution in [-0.4, -0.2) is 113 Å². The van der Waals surface area contributed by atoms with Crippen LogP contribution in [0.2, 0.25) is 5.02 Å². The van der Waals surface area contributed by atoms with Crippen molar-refractivity contribution in [1.29, 1.82) is 0 Å². The molecular formula is C38H48ClN7O3. The monoisotopic (exact) mass is 685 g/mol. The average molecular weight is 686 g/mol. The van der Waals surface area contributed by atoms with E-state index in [1.54, 1.807) is 6.07 Å². The molecule has 4 saturated heterocycles. The van der Waals surface area contributed by atoms with Crippen LogP contribution in [-0.2, 0) is 22.6 Å². The Kier molecular flexibility index (Phi) is 9.78. The van der Waals surface area contributed by atoms with E-state index in [1.807, 2.05) is 45.0 Å². The number of fused-ring (bicyclic) bond motifs is 3. The van der Waals surface area contributed by atoms with Gasteiger partial charge in [-0.2, -0.15) is 0 Å². The van der Waals surface area contributed by atoms with Gasteiger partial charge >= 0.3 is 6.03 Å². The number of piperazine rings is 1. The third-order valence-electron chi connectivity index (χ3n) is 11.9. The fraction of sp³-hybridized carbons (Fsp3) is 0.553. The van der Waals surface area contributed by atoms with E-state index < -0.39 is 5.92 Å². The zero-order chi connectivity index (χ0) is 34.2. The molecular weight excluding hydrogens is 638 g/mol. The van der Waals surface area contributed by atoms with E-state index in [9.17, 15) is 14.4 Å². The number of carbonyl (C=O) groups excluding carboxylic acids is 3. The maximum absolute atomic E-state index is 14.2. The summed E-state index contributed by atoms with van der Waals surface area (Å²) in [6.07, 6.45) is 12.6. The molecule has 4 amide bonds. The second kappa shape index (κ2) is 14.2. The van der Waals surface area contributed by atoms with Gasteiger partial charge in [0.25, 0.3) is 0 Å². The van der Waals surface area contributed by atoms with Crippen molar-refractivity contribution in [2.45, 2.75) is 82.1 Å². The van der Waals surface area contributed by atoms with Gasteiger partial charge in [0, 0.05) is 87.7 Å². The molecule has 2 unspecified atom stereocenters. The molecule has 0 spiro atoms. The maximum Gasteiger partial charge on any atom is 0.322 e. The predicted octanol–water partition coefficient (Wildman–Crippen LogP) is 4.26. The summed E-state index contributed by atoms with van der Waals surface area (Å²) in [4.78, 5) is 51.9. The highest BCUT2D eigenvalue weighted by atomic mass is 35.5. The van der Waals surface area contributed by atoms with Crippen molar-refractivity contribution in [3.8, 4) is 12.3 Å². The minimum absolute atomic E-state index is 0.00481. The smallest absolute Gasteiger partial charge is 0.322 e. The molecule has 2 aromatic carbocycles. The third-order valence-corrected chi connectivity index (χ3v) is 12.2. The molecule has 3 atom stereocenters. The summed E-state index contributed by atoms with van der Waals surface area (Å²) in [5, 5.41) is 3.37. The number of para-hydroxylation sites is 1. The first-order valence-electron chi connectivity index (χ1n) is 17.9. The van der Waals surface area contributed by atoms with E-state index in [2.05, 4.69) is 28.1 Å². The number of nitrogen functional groups attached to an aromatic ring is 1. The largest absolute Gasteiger partial charge is 0.397 e. The molecule has 0 saturated carbocycles. The molecule has 260 valence electrons. The van der Waals surface area contributed by atoms with Crippen LogP contribution in [0.4, 0.5) is 16.2 Å². The standard InChI is InChI=1S/C38H48ClN7O3/c1-3-26-18-25(20-33(39)36(26)40)19-28(37(48)45-16-14-43(15-17-45)32-22-30-8-9-31(23-32)42(30)2)21-35(47)44-12-10-29(11-13-44)46-24-27-6-4-5-7-34(27)41-38(46)49/h1,4-7,18,20,28-32H,8-17,19,21-24,40H2,2H3,(H,41,49)/t28-,30?,31?,32?/m0/s1. The molecule has 0 aliphatic carbocycles. The Bertz CT molecular complexity index is 1610. The van der Waals surface area contributed by atoms with Crippen LogP contribution >= 0.6 is 11.6 Å². The normalized spacial score (nSPS) is 25.4. The Morgan fingerprint density at radius 2 is 1.65 bits per heavy atom. The maximum atomic E-state index is 14.2. The zero-order valence-corrected chi connectivity index (χ0v) is 29.2. The highest BCUT2D eigenvalue weighted by molar-refractivity contribution is 6.33. The number of anilines is 2. The van der Waals surface area contributed by atoms with Gasteiger partial charge in [0.2, 0.25) is 11.8 Å². The fourth-order valence-electron chi connectivity index (χ4n) is 8.97. The Morgan fingerprint density at radius 3 is 2.35 bits per heavy atom. The van der Waals surface area contributed by atoms with E-state index in [1.165, 1.54) is 25.7 Å². The summed E-state index contributed by atoms with van der Waals surface area (Å²) >= 11 is 6.44. The molecule has 2 bridgehead atoms. The number of urea groups is 1. The van der Waals surface area contributed by atoms with Crippen LogP contribution < -0.4 is 11.1 Å². The zero-order valence-electron chi connectivity index (χ0n) is 28.5. The fourth-order valence-corrected chi connectivity index (χ4v) is 9.22. The number of hydrogen-bond acceptors (Lipinski definition) is 6. The lowest BCUT2D eigenvalue weighted by Crippen LogP contribution is -2.56. The van der Waals surface area contributed by atoms with Crippen molar-refractivity contribution >= 4 is 40.8 Å². The highest BCUT2D eigenvalue weighted by Gasteiger charge is 2.42. The number of terminal acetylenes is 1. The topological polar surface area (TPSA) is 105 Å². The van der Waals surface area contributed by atoms with Crippen molar-refractivity contribution in [1.82, 2.24) is 24.5 Å². The number of nitrogens with two attached hydrogens (primary N) is 1. The minimum Gasteiger partial charge on any atom is -0.397 e. The van der Waals surface area contributed by atoms with Crippen LogP contribution in [0, 0.1) is 18.3 Å². The number of rotatable bonds is 7. The van der Waals surface area contributed by atoms with Gasteiger partial charge < -0.3 is 30.7 Å². The van der Waals surface area contributed by atoms with Crippen molar-refractivity contribution in [2.24, 2.45) is 5.92 Å². The Hall–Kier alpha value is -3.78. The number of halogens is 1. The van der Waals surface area contributed by atoms with Gasteiger partial charge in [0.05, 0.1) is 16.6 Å². The first-order valence-corrected chi connectivity index (χ1v) is 18.3. The van der Waals surface area contributed by atoms with E-state index >= 15 is 0 Å². The number of piperidine rings is 2. The van der Waals surface area contributed by atoms with Crippen LogP contribution in [0.5, 0.6) is 0 Å². The number of carbonyl (C=O) groups is 3. The van der Waals surface area contributed by atoms with E-state index in [-0.39, 0.29) is 30.3 Å². The first kappa shape index (κ1) is 33.7. The molecule has 5 heterocycles. The number of likely N-dealkylation sites (tertiary alicyclic amines) is 1. The van der Waals surface area contributed by atoms with Gasteiger partial charge in [0.15, 0.2) is 0 Å². The quantitative estimate of drug-likeness (QED) is 0.334. The van der Waals surface area contributed by atoms with Crippen molar-refractivity contribution < 1.29 is 14.4 Å². The molecule has 0 aromatic heterocycles. The highest BCUT2D eigenvalue weighted by Crippen LogP contribution is 2.37. The summed E-state index contributed by atoms with van der Waals surface area (Å²) in [6.45, 7) is 4.69. The van der Waals surface area contributed by atoms with Crippen molar-refractivity contribution in [3.63, 3.8) is 0 Å². The van der Waals surface area contributed by atoms with Crippen LogP contribution in [0.3, 0.4) is 0 Å². The first-order chi connectivity index (χ1) is 23.7. The lowest BCUT2D eigenvalue weighted by Gasteiger charge is -2.45. The SMILES string of the molecule is C#Cc1cc(C[C@@H](CC(=O)N2CCC(N3Cc4ccccc4NC3=O)CC2)C(=O)N2CCN(C3CC4CCC(C3)N4C)CC2)cc(Cl)c1N. The van der Waals surface area contributed by atoms with Gasteiger partial charge in [-0.05, 0) is 81.3 Å². The molecule has 5 aliphatic heterocycles. The summed E-state index contributed by atoms with van der Waals surface area (Å²) < 4.78 is 0. The molecule has 49 heavy (non-hydrogen) atoms. The second-order valence-corrected chi connectivity index (χ2v) is 15.1. The van der Waals surface area contributed by atoms with E-state index in [0.29, 0.717) is 86.4 Å². The Morgan fingerprint density at radius 1 is 0.959 bits per heavy atom. The third kappa shape index (κ3) is 6.99. The van der Waals surface area contributed by atoms with Gasteiger partial charge in [-0.3, -0.25) is 14.5 Å². The van der Waals surface area contributed by atoms with Gasteiger partial charge in [-0.1, -0.05) is 35.7 Å². The number of nitrogens with zero attached hydrogens (tertiary/aromatic N) is 5. The predicted molar refractivity (Wildman–Crippen MR) is 192 cm³/mol. The van der Waals surface area contributed by atoms with E-state index in [0.717, 1.165) is 29.9 Å². The molecule has 4 fully saturated rings. The molecule has 5 aliphatic rings. The molecule has 11 heteroatoms. The van der Waals surface area contributed by atoms with Gasteiger partial charge in [0.1, 0.15) is 0 Å². The number of amides is 4. The summed E-state index contributed by atoms with van der Waals surface area (Å²) in [7, 11) is 2.27. The molecule has 10 nitrogen and oxygen atoms in total. The molecule has 0 radical (unpaired) electrons. The lowest BCUT2D eigenvalue weighted by atomic mass is 9.91. The summed E-state index contributed by atoms with van der Waals surface area (Å²) in [6, 6.07) is 13.3. The molecule has 2 aromatic rings. The number of benzene rings is 2. The van der Waals surface area contributed by atoms with Gasteiger partial charge in [-0.25, -0.2) is 4.79 Å². The summed E-state index contributed by atoms with van der Waals surface area (Å²) in [5.41, 5.74) is 9.70. The van der Waals surface area contributed by atoms with Crippen molar-refractivity contribution in [3.05, 3.63) is 58.1 Å². The molecule has 3 N–H and O–H groups in total. The Balaban J connectivity index is 1.000. The van der Waals surface area contributed by atoms with Crippen LogP contribution in [0.1, 0.15) is 61.6 Å². The van der Waals surface area contributed by atoms with Crippen LogP contribution in [0.25, 0.3) is 0 Å². The van der Waals surface area contributed by atoms with Crippen LogP contribution in [0.15, 0.2) is 36.4 Å². The minimum atomic E-state index is -0.550. The Labute approximate surface area is 294 Å². The van der Waals surface area contributed by atoms with Gasteiger partial charge in [-0.15, -0.1) is 6.42 Å². The molecule has 7 rings (SSSR count). The summed E-state index contributed by atoms with van der Waals surface area (Å²) in [5.74, 6) is 2.02. The number of hydrogen-bond donors (Lipinski definition) is 2. The number of nitrogens with one attached hydrogen (secondary N) is 1. The lowest BCUT2D eigenvalue weighted by molar-refractivity contribution is -0.143. The van der Waals surface area contributed by atoms with E-state index in [4.69, 9.17) is 23.8 Å².